The van der Waals surface area contributed by atoms with Gasteiger partial charge in [-0.25, -0.2) is 4.39 Å². The van der Waals surface area contributed by atoms with Crippen LogP contribution in [-0.2, 0) is 6.54 Å². The Morgan fingerprint density at radius 1 is 1.21 bits per heavy atom. The molecule has 104 valence electrons. The molecule has 0 amide bonds. The second kappa shape index (κ2) is 5.59. The molecule has 19 heavy (non-hydrogen) atoms. The van der Waals surface area contributed by atoms with Crippen LogP contribution in [0, 0.1) is 17.7 Å². The molecule has 1 saturated carbocycles. The number of likely N-dealkylation sites (tertiary alicyclic amines) is 1. The molecule has 3 heteroatoms. The first-order chi connectivity index (χ1) is 9.19. The van der Waals surface area contributed by atoms with E-state index in [1.807, 2.05) is 6.07 Å². The van der Waals surface area contributed by atoms with E-state index < -0.39 is 0 Å². The lowest BCUT2D eigenvalue weighted by Gasteiger charge is -2.36. The summed E-state index contributed by atoms with van der Waals surface area (Å²) in [5.74, 6) is 1.56. The van der Waals surface area contributed by atoms with Gasteiger partial charge in [-0.2, -0.15) is 0 Å². The largest absolute Gasteiger partial charge is 0.327 e. The number of nitrogens with two attached hydrogens (primary N) is 1. The van der Waals surface area contributed by atoms with Gasteiger partial charge in [-0.1, -0.05) is 25.0 Å². The molecule has 2 N–H and O–H groups in total. The van der Waals surface area contributed by atoms with E-state index in [1.165, 1.54) is 25.3 Å². The zero-order valence-electron chi connectivity index (χ0n) is 11.4. The molecule has 1 saturated heterocycles. The fourth-order valence-corrected chi connectivity index (χ4v) is 3.37. The van der Waals surface area contributed by atoms with E-state index >= 15 is 0 Å². The van der Waals surface area contributed by atoms with Crippen molar-refractivity contribution in [1.29, 1.82) is 0 Å². The van der Waals surface area contributed by atoms with Gasteiger partial charge in [0.15, 0.2) is 0 Å². The predicted molar refractivity (Wildman–Crippen MR) is 75.1 cm³/mol. The average molecular weight is 262 g/mol. The van der Waals surface area contributed by atoms with Gasteiger partial charge in [0.2, 0.25) is 0 Å². The van der Waals surface area contributed by atoms with Crippen LogP contribution in [-0.4, -0.2) is 24.0 Å². The first-order valence-corrected chi connectivity index (χ1v) is 7.41. The van der Waals surface area contributed by atoms with Crippen LogP contribution in [0.5, 0.6) is 0 Å². The zero-order chi connectivity index (χ0) is 13.2. The smallest absolute Gasteiger partial charge is 0.123 e. The summed E-state index contributed by atoms with van der Waals surface area (Å²) in [6, 6.07) is 7.21. The van der Waals surface area contributed by atoms with Crippen LogP contribution >= 0.6 is 0 Å². The van der Waals surface area contributed by atoms with Gasteiger partial charge < -0.3 is 5.73 Å². The monoisotopic (exact) mass is 262 g/mol. The Hall–Kier alpha value is -0.930. The molecular weight excluding hydrogens is 239 g/mol. The minimum Gasteiger partial charge on any atom is -0.327 e. The highest BCUT2D eigenvalue weighted by Gasteiger charge is 2.30. The lowest BCUT2D eigenvalue weighted by atomic mass is 9.90. The standard InChI is InChI=1S/C16H23FN2/c17-15-3-1-2-13(7-15)9-19-10-14(6-12-4-5-12)8-16(18)11-19/h1-3,7,12,14,16H,4-6,8-11,18H2. The molecule has 0 radical (unpaired) electrons. The van der Waals surface area contributed by atoms with Crippen LogP contribution in [0.1, 0.15) is 31.2 Å². The highest BCUT2D eigenvalue weighted by molar-refractivity contribution is 5.16. The van der Waals surface area contributed by atoms with Gasteiger partial charge in [-0.05, 0) is 42.4 Å². The summed E-state index contributed by atoms with van der Waals surface area (Å²) in [4.78, 5) is 2.40. The summed E-state index contributed by atoms with van der Waals surface area (Å²) in [5.41, 5.74) is 7.23. The Balaban J connectivity index is 1.59. The number of nitrogens with zero attached hydrogens (tertiary/aromatic N) is 1. The van der Waals surface area contributed by atoms with Crippen molar-refractivity contribution in [3.05, 3.63) is 35.6 Å². The Morgan fingerprint density at radius 2 is 2.05 bits per heavy atom. The van der Waals surface area contributed by atoms with E-state index in [1.54, 1.807) is 12.1 Å². The average Bonchev–Trinajstić information content (AvgIpc) is 3.12. The van der Waals surface area contributed by atoms with Gasteiger partial charge in [0.1, 0.15) is 5.82 Å². The van der Waals surface area contributed by atoms with Crippen LogP contribution in [0.3, 0.4) is 0 Å². The third kappa shape index (κ3) is 3.77. The summed E-state index contributed by atoms with van der Waals surface area (Å²) in [6.07, 6.45) is 5.33. The molecule has 0 bridgehead atoms. The van der Waals surface area contributed by atoms with E-state index in [2.05, 4.69) is 4.90 Å². The quantitative estimate of drug-likeness (QED) is 0.904. The maximum absolute atomic E-state index is 13.2. The molecule has 2 atom stereocenters. The van der Waals surface area contributed by atoms with Gasteiger partial charge in [0.05, 0.1) is 0 Å². The molecule has 2 nitrogen and oxygen atoms in total. The third-order valence-electron chi connectivity index (χ3n) is 4.30. The van der Waals surface area contributed by atoms with E-state index in [-0.39, 0.29) is 11.9 Å². The summed E-state index contributed by atoms with van der Waals surface area (Å²) < 4.78 is 13.2. The van der Waals surface area contributed by atoms with Gasteiger partial charge >= 0.3 is 0 Å². The molecule has 2 unspecified atom stereocenters. The molecule has 1 aromatic rings. The minimum atomic E-state index is -0.145. The normalized spacial score (nSPS) is 28.5. The summed E-state index contributed by atoms with van der Waals surface area (Å²) >= 11 is 0. The third-order valence-corrected chi connectivity index (χ3v) is 4.30. The first-order valence-electron chi connectivity index (χ1n) is 7.41. The topological polar surface area (TPSA) is 29.3 Å². The molecule has 1 heterocycles. The second-order valence-corrected chi connectivity index (χ2v) is 6.36. The van der Waals surface area contributed by atoms with Crippen molar-refractivity contribution in [2.24, 2.45) is 17.6 Å². The van der Waals surface area contributed by atoms with Crippen LogP contribution in [0.2, 0.25) is 0 Å². The van der Waals surface area contributed by atoms with E-state index in [0.717, 1.165) is 43.5 Å². The fourth-order valence-electron chi connectivity index (χ4n) is 3.37. The molecule has 2 fully saturated rings. The van der Waals surface area contributed by atoms with Crippen molar-refractivity contribution in [1.82, 2.24) is 4.90 Å². The van der Waals surface area contributed by atoms with Gasteiger partial charge in [0.25, 0.3) is 0 Å². The van der Waals surface area contributed by atoms with Crippen molar-refractivity contribution in [3.8, 4) is 0 Å². The molecule has 0 spiro atoms. The van der Waals surface area contributed by atoms with Crippen LogP contribution in [0.15, 0.2) is 24.3 Å². The van der Waals surface area contributed by atoms with E-state index in [4.69, 9.17) is 5.73 Å². The summed E-state index contributed by atoms with van der Waals surface area (Å²) in [7, 11) is 0. The Kier molecular flexibility index (Phi) is 3.85. The highest BCUT2D eigenvalue weighted by atomic mass is 19.1. The molecule has 3 rings (SSSR count). The Bertz CT molecular complexity index is 429. The molecule has 2 aliphatic rings. The fraction of sp³-hybridized carbons (Fsp3) is 0.625. The molecular formula is C16H23FN2. The van der Waals surface area contributed by atoms with Crippen molar-refractivity contribution < 1.29 is 4.39 Å². The van der Waals surface area contributed by atoms with E-state index in [0.29, 0.717) is 0 Å². The number of piperidine rings is 1. The first kappa shape index (κ1) is 13.1. The number of benzene rings is 1. The lowest BCUT2D eigenvalue weighted by molar-refractivity contribution is 0.141. The van der Waals surface area contributed by atoms with Crippen molar-refractivity contribution in [3.63, 3.8) is 0 Å². The van der Waals surface area contributed by atoms with Crippen LogP contribution in [0.25, 0.3) is 0 Å². The number of rotatable bonds is 4. The van der Waals surface area contributed by atoms with Crippen LogP contribution < -0.4 is 5.73 Å². The van der Waals surface area contributed by atoms with Crippen molar-refractivity contribution >= 4 is 0 Å². The van der Waals surface area contributed by atoms with Gasteiger partial charge in [0, 0.05) is 25.7 Å². The Labute approximate surface area is 114 Å². The van der Waals surface area contributed by atoms with Crippen molar-refractivity contribution in [2.45, 2.75) is 38.3 Å². The van der Waals surface area contributed by atoms with Crippen molar-refractivity contribution in [2.75, 3.05) is 13.1 Å². The number of hydrogen-bond acceptors (Lipinski definition) is 2. The Morgan fingerprint density at radius 3 is 2.79 bits per heavy atom. The number of halogens is 1. The minimum absolute atomic E-state index is 0.145. The molecule has 1 aromatic carbocycles. The van der Waals surface area contributed by atoms with E-state index in [9.17, 15) is 4.39 Å². The summed E-state index contributed by atoms with van der Waals surface area (Å²) in [6.45, 7) is 2.89. The summed E-state index contributed by atoms with van der Waals surface area (Å²) in [5, 5.41) is 0. The highest BCUT2D eigenvalue weighted by Crippen LogP contribution is 2.37. The zero-order valence-corrected chi connectivity index (χ0v) is 11.4. The molecule has 1 aliphatic carbocycles. The van der Waals surface area contributed by atoms with Crippen LogP contribution in [0.4, 0.5) is 4.39 Å². The maximum Gasteiger partial charge on any atom is 0.123 e. The second-order valence-electron chi connectivity index (χ2n) is 6.36. The van der Waals surface area contributed by atoms with Gasteiger partial charge in [-0.3, -0.25) is 4.90 Å². The SMILES string of the molecule is NC1CC(CC2CC2)CN(Cc2cccc(F)c2)C1. The number of hydrogen-bond donors (Lipinski definition) is 1. The van der Waals surface area contributed by atoms with Gasteiger partial charge in [-0.15, -0.1) is 0 Å². The maximum atomic E-state index is 13.2. The predicted octanol–water partition coefficient (Wildman–Crippen LogP) is 2.78. The lowest BCUT2D eigenvalue weighted by Crippen LogP contribution is -2.46. The molecule has 0 aromatic heterocycles. The molecule has 1 aliphatic heterocycles.